The van der Waals surface area contributed by atoms with Gasteiger partial charge in [0.25, 0.3) is 0 Å². The lowest BCUT2D eigenvalue weighted by atomic mass is 9.79. The van der Waals surface area contributed by atoms with Gasteiger partial charge in [-0.25, -0.2) is 0 Å². The van der Waals surface area contributed by atoms with Crippen LogP contribution in [0, 0.1) is 0 Å². The van der Waals surface area contributed by atoms with Crippen molar-refractivity contribution in [3.8, 4) is 23.0 Å². The Morgan fingerprint density at radius 1 is 0.283 bits per heavy atom. The molecule has 0 atom stereocenters. The summed E-state index contributed by atoms with van der Waals surface area (Å²) in [4.78, 5) is 0. The molecule has 0 aliphatic heterocycles. The van der Waals surface area contributed by atoms with Crippen molar-refractivity contribution in [3.05, 3.63) is 115 Å². The van der Waals surface area contributed by atoms with Crippen molar-refractivity contribution in [1.29, 1.82) is 0 Å². The van der Waals surface area contributed by atoms with Crippen molar-refractivity contribution < 1.29 is 18.9 Å². The van der Waals surface area contributed by atoms with E-state index in [1.807, 2.05) is 0 Å². The van der Waals surface area contributed by atoms with E-state index in [-0.39, 0.29) is 46.1 Å². The monoisotopic (exact) mass is 817 g/mol. The molecule has 4 aromatic carbocycles. The van der Waals surface area contributed by atoms with Crippen LogP contribution in [0.25, 0.3) is 0 Å². The van der Waals surface area contributed by atoms with Gasteiger partial charge in [0.2, 0.25) is 0 Å². The fourth-order valence-corrected chi connectivity index (χ4v) is 8.17. The zero-order valence-corrected chi connectivity index (χ0v) is 41.4. The summed E-state index contributed by atoms with van der Waals surface area (Å²) in [6.45, 7) is 45.0. The molecule has 0 radical (unpaired) electrons. The molecule has 0 saturated heterocycles. The van der Waals surface area contributed by atoms with E-state index in [0.717, 1.165) is 23.0 Å². The second kappa shape index (κ2) is 17.5. The molecule has 328 valence electrons. The Kier molecular flexibility index (Phi) is 13.7. The molecular weight excluding hydrogens is 737 g/mol. The Hall–Kier alpha value is -3.92. The van der Waals surface area contributed by atoms with Crippen LogP contribution < -0.4 is 18.9 Å². The molecule has 4 heteroatoms. The topological polar surface area (TPSA) is 36.9 Å². The molecule has 1 aliphatic carbocycles. The fraction of sp³-hybridized carbons (Fsp3) is 0.571. The average molecular weight is 817 g/mol. The van der Waals surface area contributed by atoms with Gasteiger partial charge in [0.15, 0.2) is 0 Å². The summed E-state index contributed by atoms with van der Waals surface area (Å²) in [5, 5.41) is 0. The van der Waals surface area contributed by atoms with Crippen LogP contribution in [0.4, 0.5) is 0 Å². The summed E-state index contributed by atoms with van der Waals surface area (Å²) in [5.41, 5.74) is 14.3. The van der Waals surface area contributed by atoms with Crippen molar-refractivity contribution in [2.24, 2.45) is 0 Å². The summed E-state index contributed by atoms with van der Waals surface area (Å²) in [5.74, 6) is 3.87. The summed E-state index contributed by atoms with van der Waals surface area (Å²) >= 11 is 0. The van der Waals surface area contributed by atoms with E-state index in [4.69, 9.17) is 18.9 Å². The number of hydrogen-bond donors (Lipinski definition) is 0. The normalized spacial score (nSPS) is 14.0. The molecule has 5 rings (SSSR count). The van der Waals surface area contributed by atoms with Gasteiger partial charge in [-0.05, 0) is 144 Å². The first-order valence-corrected chi connectivity index (χ1v) is 22.8. The number of fused-ring (bicyclic) bond motifs is 8. The Morgan fingerprint density at radius 3 is 0.517 bits per heavy atom. The van der Waals surface area contributed by atoms with E-state index in [1.54, 1.807) is 0 Å². The van der Waals surface area contributed by atoms with Crippen molar-refractivity contribution in [2.75, 3.05) is 0 Å². The minimum atomic E-state index is -0.0909. The fourth-order valence-electron chi connectivity index (χ4n) is 8.17. The highest BCUT2D eigenvalue weighted by Crippen LogP contribution is 2.45. The standard InChI is InChI=1S/C56H80O4/c1-33(2)57-49-37-21-39-27-46(54(12,13)14)29-41(50(39)58-34(3)4)23-43-31-48(56(18,19)20)32-44(52(43)60-36(7)8)24-42-30-47(55(15,16)17)28-40(51(42)59-35(5)6)22-38(49)26-45(25-37)53(9,10)11/h25-36H,21-24H2,1-20H3. The highest BCUT2D eigenvalue weighted by Gasteiger charge is 2.30. The van der Waals surface area contributed by atoms with Gasteiger partial charge in [-0.3, -0.25) is 0 Å². The SMILES string of the molecule is CC(C)Oc1c2cc(C(C)(C)C)cc1Cc1cc(C(C)(C)C)cc(c1OC(C)C)Cc1cc(C(C)(C)C)cc(c1OC(C)C)Cc1cc(C(C)(C)C)cc(c1OC(C)C)C2. The van der Waals surface area contributed by atoms with Crippen LogP contribution in [0.3, 0.4) is 0 Å². The third kappa shape index (κ3) is 11.3. The van der Waals surface area contributed by atoms with Gasteiger partial charge < -0.3 is 18.9 Å². The lowest BCUT2D eigenvalue weighted by Crippen LogP contribution is -2.19. The van der Waals surface area contributed by atoms with Gasteiger partial charge in [0.1, 0.15) is 23.0 Å². The average Bonchev–Trinajstić information content (AvgIpc) is 3.06. The van der Waals surface area contributed by atoms with Crippen molar-refractivity contribution in [1.82, 2.24) is 0 Å². The Labute approximate surface area is 366 Å². The molecule has 4 aromatic rings. The van der Waals surface area contributed by atoms with E-state index in [2.05, 4.69) is 187 Å². The van der Waals surface area contributed by atoms with E-state index in [9.17, 15) is 0 Å². The number of hydrogen-bond acceptors (Lipinski definition) is 4. The largest absolute Gasteiger partial charge is 0.490 e. The molecular formula is C56H80O4. The minimum absolute atomic E-state index is 0.0132. The predicted octanol–water partition coefficient (Wildman–Crippen LogP) is 14.7. The van der Waals surface area contributed by atoms with E-state index >= 15 is 0 Å². The smallest absolute Gasteiger partial charge is 0.126 e. The number of rotatable bonds is 8. The molecule has 0 fully saturated rings. The first-order valence-electron chi connectivity index (χ1n) is 22.8. The third-order valence-corrected chi connectivity index (χ3v) is 11.4. The van der Waals surface area contributed by atoms with Crippen LogP contribution in [0.2, 0.25) is 0 Å². The first kappa shape index (κ1) is 47.1. The molecule has 0 amide bonds. The van der Waals surface area contributed by atoms with E-state index in [0.29, 0.717) is 25.7 Å². The maximum atomic E-state index is 7.00. The second-order valence-corrected chi connectivity index (χ2v) is 22.9. The quantitative estimate of drug-likeness (QED) is 0.156. The molecule has 0 unspecified atom stereocenters. The number of ether oxygens (including phenoxy) is 4. The van der Waals surface area contributed by atoms with E-state index in [1.165, 1.54) is 66.8 Å². The van der Waals surface area contributed by atoms with Gasteiger partial charge in [-0.1, -0.05) is 132 Å². The van der Waals surface area contributed by atoms with Crippen LogP contribution in [0.15, 0.2) is 48.5 Å². The molecule has 0 N–H and O–H groups in total. The first-order chi connectivity index (χ1) is 27.5. The predicted molar refractivity (Wildman–Crippen MR) is 255 cm³/mol. The van der Waals surface area contributed by atoms with Gasteiger partial charge in [0.05, 0.1) is 24.4 Å². The summed E-state index contributed by atoms with van der Waals surface area (Å²) in [6, 6.07) is 19.2. The minimum Gasteiger partial charge on any atom is -0.490 e. The maximum Gasteiger partial charge on any atom is 0.126 e. The van der Waals surface area contributed by atoms with Crippen molar-refractivity contribution >= 4 is 0 Å². The van der Waals surface area contributed by atoms with Gasteiger partial charge in [-0.2, -0.15) is 0 Å². The summed E-state index contributed by atoms with van der Waals surface area (Å²) in [6.07, 6.45) is 2.63. The molecule has 1 aliphatic rings. The molecule has 8 bridgehead atoms. The molecule has 0 aromatic heterocycles. The molecule has 0 heterocycles. The molecule has 0 spiro atoms. The number of benzene rings is 4. The maximum absolute atomic E-state index is 7.00. The zero-order valence-electron chi connectivity index (χ0n) is 41.4. The van der Waals surface area contributed by atoms with E-state index < -0.39 is 0 Å². The third-order valence-electron chi connectivity index (χ3n) is 11.4. The molecule has 0 saturated carbocycles. The van der Waals surface area contributed by atoms with Crippen molar-refractivity contribution in [3.63, 3.8) is 0 Å². The highest BCUT2D eigenvalue weighted by molar-refractivity contribution is 5.60. The summed E-state index contributed by atoms with van der Waals surface area (Å²) < 4.78 is 28.0. The highest BCUT2D eigenvalue weighted by atomic mass is 16.5. The van der Waals surface area contributed by atoms with Crippen molar-refractivity contribution in [2.45, 2.75) is 210 Å². The van der Waals surface area contributed by atoms with Gasteiger partial charge in [-0.15, -0.1) is 0 Å². The Bertz CT molecular complexity index is 1750. The van der Waals surface area contributed by atoms with Crippen LogP contribution in [0.1, 0.15) is 205 Å². The molecule has 4 nitrogen and oxygen atoms in total. The lowest BCUT2D eigenvalue weighted by molar-refractivity contribution is 0.233. The van der Waals surface area contributed by atoms with Gasteiger partial charge in [0, 0.05) is 25.7 Å². The Morgan fingerprint density at radius 2 is 0.417 bits per heavy atom. The Balaban J connectivity index is 2.05. The second-order valence-electron chi connectivity index (χ2n) is 22.9. The van der Waals surface area contributed by atoms with Crippen LogP contribution in [-0.4, -0.2) is 24.4 Å². The zero-order chi connectivity index (χ0) is 44.9. The molecule has 60 heavy (non-hydrogen) atoms. The van der Waals surface area contributed by atoms with Gasteiger partial charge >= 0.3 is 0 Å². The van der Waals surface area contributed by atoms with Crippen LogP contribution in [0.5, 0.6) is 23.0 Å². The van der Waals surface area contributed by atoms with Crippen LogP contribution >= 0.6 is 0 Å². The summed E-state index contributed by atoms with van der Waals surface area (Å²) in [7, 11) is 0. The lowest BCUT2D eigenvalue weighted by Gasteiger charge is -2.30. The van der Waals surface area contributed by atoms with Crippen LogP contribution in [-0.2, 0) is 47.3 Å².